The fourth-order valence-electron chi connectivity index (χ4n) is 2.63. The summed E-state index contributed by atoms with van der Waals surface area (Å²) in [5.74, 6) is 0.727. The zero-order valence-electron chi connectivity index (χ0n) is 9.77. The molecule has 0 saturated heterocycles. The van der Waals surface area contributed by atoms with Gasteiger partial charge in [0.1, 0.15) is 0 Å². The highest BCUT2D eigenvalue weighted by Crippen LogP contribution is 2.34. The monoisotopic (exact) mass is 291 g/mol. The molecule has 1 aromatic carbocycles. The quantitative estimate of drug-likeness (QED) is 0.681. The topological polar surface area (TPSA) is 15.4 Å². The van der Waals surface area contributed by atoms with Gasteiger partial charge in [-0.15, -0.1) is 0 Å². The Morgan fingerprint density at radius 2 is 2.06 bits per heavy atom. The van der Waals surface area contributed by atoms with E-state index in [4.69, 9.17) is 0 Å². The summed E-state index contributed by atoms with van der Waals surface area (Å²) < 4.78 is 3.28. The highest BCUT2D eigenvalue weighted by Gasteiger charge is 2.22. The van der Waals surface area contributed by atoms with Gasteiger partial charge in [-0.05, 0) is 30.0 Å². The van der Waals surface area contributed by atoms with Crippen molar-refractivity contribution in [3.63, 3.8) is 0 Å². The number of nitrogens with zero attached hydrogens (tertiary/aromatic N) is 2. The van der Waals surface area contributed by atoms with Crippen LogP contribution in [0.15, 0.2) is 27.7 Å². The second kappa shape index (κ2) is 4.73. The van der Waals surface area contributed by atoms with E-state index in [1.807, 2.05) is 6.34 Å². The molecule has 88 valence electrons. The van der Waals surface area contributed by atoms with E-state index in [1.54, 1.807) is 0 Å². The van der Waals surface area contributed by atoms with Crippen molar-refractivity contribution in [3.8, 4) is 0 Å². The molecule has 2 aliphatic rings. The van der Waals surface area contributed by atoms with Crippen molar-refractivity contribution in [2.45, 2.75) is 32.1 Å². The van der Waals surface area contributed by atoms with Crippen LogP contribution in [0, 0.1) is 5.92 Å². The Balaban J connectivity index is 1.87. The van der Waals surface area contributed by atoms with E-state index in [2.05, 4.69) is 49.9 Å². The Kier molecular flexibility index (Phi) is 3.10. The number of hydrogen-bond acceptors (Lipinski definition) is 1. The van der Waals surface area contributed by atoms with E-state index in [0.29, 0.717) is 0 Å². The third-order valence-electron chi connectivity index (χ3n) is 3.56. The molecule has 1 fully saturated rings. The molecule has 3 rings (SSSR count). The Hall–Kier alpha value is -0.960. The van der Waals surface area contributed by atoms with Crippen LogP contribution in [0.4, 0.5) is 11.4 Å². The minimum atomic E-state index is 0.727. The highest BCUT2D eigenvalue weighted by atomic mass is 79.9. The first-order valence-electron chi connectivity index (χ1n) is 6.30. The first-order valence-corrected chi connectivity index (χ1v) is 7.09. The van der Waals surface area contributed by atoms with Crippen molar-refractivity contribution in [1.82, 2.24) is 0 Å². The minimum absolute atomic E-state index is 0.727. The number of rotatable bonds is 1. The van der Waals surface area contributed by atoms with Crippen LogP contribution in [-0.4, -0.2) is 17.1 Å². The number of halogens is 1. The summed E-state index contributed by atoms with van der Waals surface area (Å²) in [5, 5.41) is 0. The Labute approximate surface area is 110 Å². The first kappa shape index (κ1) is 11.1. The summed E-state index contributed by atoms with van der Waals surface area (Å²) in [6, 6.07) is 6.28. The lowest BCUT2D eigenvalue weighted by Gasteiger charge is -2.16. The zero-order chi connectivity index (χ0) is 11.7. The van der Waals surface area contributed by atoms with Gasteiger partial charge in [0.15, 0.2) is 5.69 Å². The van der Waals surface area contributed by atoms with Crippen molar-refractivity contribution < 1.29 is 4.58 Å². The van der Waals surface area contributed by atoms with Gasteiger partial charge in [0.25, 0.3) is 6.34 Å². The Morgan fingerprint density at radius 3 is 2.88 bits per heavy atom. The lowest BCUT2D eigenvalue weighted by atomic mass is 9.90. The predicted octanol–water partition coefficient (Wildman–Crippen LogP) is 4.42. The van der Waals surface area contributed by atoms with E-state index in [1.165, 1.54) is 37.8 Å². The molecule has 0 aromatic heterocycles. The summed E-state index contributed by atoms with van der Waals surface area (Å²) in [6.45, 7) is 0. The highest BCUT2D eigenvalue weighted by molar-refractivity contribution is 9.10. The van der Waals surface area contributed by atoms with Crippen LogP contribution < -0.4 is 0 Å². The first-order chi connectivity index (χ1) is 8.33. The van der Waals surface area contributed by atoms with Gasteiger partial charge in [-0.3, -0.25) is 0 Å². The molecular formula is C14H16BrN2+. The van der Waals surface area contributed by atoms with E-state index in [0.717, 1.165) is 16.1 Å². The molecular weight excluding hydrogens is 276 g/mol. The molecule has 17 heavy (non-hydrogen) atoms. The molecule has 1 aromatic rings. The average molecular weight is 292 g/mol. The maximum atomic E-state index is 4.45. The second-order valence-electron chi connectivity index (χ2n) is 4.83. The van der Waals surface area contributed by atoms with Crippen LogP contribution in [0.3, 0.4) is 0 Å². The molecule has 0 spiro atoms. The van der Waals surface area contributed by atoms with Crippen LogP contribution >= 0.6 is 15.9 Å². The molecule has 3 heteroatoms. The van der Waals surface area contributed by atoms with Crippen LogP contribution in [0.5, 0.6) is 0 Å². The summed E-state index contributed by atoms with van der Waals surface area (Å²) in [4.78, 5) is 4.45. The van der Waals surface area contributed by atoms with Crippen LogP contribution in [0.1, 0.15) is 32.1 Å². The molecule has 0 atom stereocenters. The summed E-state index contributed by atoms with van der Waals surface area (Å²) in [5.41, 5.74) is 2.27. The number of aliphatic imine (C=N–C) groups is 1. The maximum Gasteiger partial charge on any atom is 0.292 e. The van der Waals surface area contributed by atoms with E-state index in [-0.39, 0.29) is 0 Å². The van der Waals surface area contributed by atoms with Crippen molar-refractivity contribution >= 4 is 39.9 Å². The Morgan fingerprint density at radius 1 is 1.24 bits per heavy atom. The van der Waals surface area contributed by atoms with Gasteiger partial charge in [0.2, 0.25) is 5.69 Å². The molecule has 1 aliphatic heterocycles. The molecule has 1 aliphatic carbocycles. The van der Waals surface area contributed by atoms with Gasteiger partial charge in [-0.25, -0.2) is 4.58 Å². The lowest BCUT2D eigenvalue weighted by Crippen LogP contribution is -2.13. The number of fused-ring (bicyclic) bond motifs is 1. The third kappa shape index (κ3) is 2.34. The van der Waals surface area contributed by atoms with Crippen molar-refractivity contribution in [2.24, 2.45) is 10.9 Å². The predicted molar refractivity (Wildman–Crippen MR) is 74.9 cm³/mol. The smallest absolute Gasteiger partial charge is 0.202 e. The molecule has 0 amide bonds. The second-order valence-corrected chi connectivity index (χ2v) is 5.75. The number of benzene rings is 1. The number of hydrogen-bond donors (Lipinski definition) is 0. The van der Waals surface area contributed by atoms with Crippen LogP contribution in [-0.2, 0) is 0 Å². The summed E-state index contributed by atoms with van der Waals surface area (Å²) in [7, 11) is 0. The van der Waals surface area contributed by atoms with Crippen molar-refractivity contribution in [3.05, 3.63) is 22.7 Å². The van der Waals surface area contributed by atoms with E-state index >= 15 is 0 Å². The minimum Gasteiger partial charge on any atom is -0.202 e. The third-order valence-corrected chi connectivity index (χ3v) is 4.05. The fourth-order valence-corrected chi connectivity index (χ4v) is 2.98. The SMILES string of the molecule is Brc1ccc2c(c1)N=C[N+]2=CC1CCCCC1. The van der Waals surface area contributed by atoms with E-state index in [9.17, 15) is 0 Å². The van der Waals surface area contributed by atoms with E-state index < -0.39 is 0 Å². The maximum absolute atomic E-state index is 4.45. The van der Waals surface area contributed by atoms with Crippen LogP contribution in [0.2, 0.25) is 0 Å². The van der Waals surface area contributed by atoms with Gasteiger partial charge in [0.05, 0.1) is 6.21 Å². The van der Waals surface area contributed by atoms with Crippen molar-refractivity contribution in [1.29, 1.82) is 0 Å². The fraction of sp³-hybridized carbons (Fsp3) is 0.429. The van der Waals surface area contributed by atoms with Gasteiger partial charge < -0.3 is 0 Å². The van der Waals surface area contributed by atoms with Gasteiger partial charge in [-0.1, -0.05) is 35.2 Å². The largest absolute Gasteiger partial charge is 0.292 e. The lowest BCUT2D eigenvalue weighted by molar-refractivity contribution is -0.286. The standard InChI is InChI=1S/C14H16BrN2/c15-12-6-7-14-13(8-12)16-10-17(14)9-11-4-2-1-3-5-11/h6-11H,1-5H2/q+1. The summed E-state index contributed by atoms with van der Waals surface area (Å²) in [6.07, 6.45) is 11.1. The molecule has 1 saturated carbocycles. The molecule has 0 radical (unpaired) electrons. The van der Waals surface area contributed by atoms with Gasteiger partial charge >= 0.3 is 0 Å². The molecule has 2 nitrogen and oxygen atoms in total. The van der Waals surface area contributed by atoms with Crippen LogP contribution in [0.25, 0.3) is 0 Å². The van der Waals surface area contributed by atoms with Crippen molar-refractivity contribution in [2.75, 3.05) is 0 Å². The molecule has 0 unspecified atom stereocenters. The molecule has 1 heterocycles. The summed E-state index contributed by atoms with van der Waals surface area (Å²) >= 11 is 3.48. The normalized spacial score (nSPS) is 22.1. The molecule has 0 N–H and O–H groups in total. The average Bonchev–Trinajstić information content (AvgIpc) is 2.73. The van der Waals surface area contributed by atoms with Gasteiger partial charge in [-0.2, -0.15) is 0 Å². The Bertz CT molecular complexity index is 485. The van der Waals surface area contributed by atoms with Gasteiger partial charge in [0, 0.05) is 16.5 Å². The molecule has 0 bridgehead atoms. The zero-order valence-corrected chi connectivity index (χ0v) is 11.4.